The topological polar surface area (TPSA) is 64.6 Å². The summed E-state index contributed by atoms with van der Waals surface area (Å²) in [6.45, 7) is 2.97. The van der Waals surface area contributed by atoms with Gasteiger partial charge in [-0.25, -0.2) is 4.99 Å². The largest absolute Gasteiger partial charge is 0.461 e. The third kappa shape index (κ3) is 6.13. The molecule has 5 heteroatoms. The lowest BCUT2D eigenvalue weighted by Crippen LogP contribution is -2.30. The summed E-state index contributed by atoms with van der Waals surface area (Å²) in [5.41, 5.74) is 17.7. The number of fused-ring (bicyclic) bond motifs is 6. The van der Waals surface area contributed by atoms with Crippen LogP contribution in [0.15, 0.2) is 205 Å². The number of amidine groups is 1. The van der Waals surface area contributed by atoms with Crippen LogP contribution in [-0.4, -0.2) is 10.4 Å². The first-order valence-electron chi connectivity index (χ1n) is 19.6. The Bertz CT molecular complexity index is 2850. The van der Waals surface area contributed by atoms with Gasteiger partial charge >= 0.3 is 0 Å². The van der Waals surface area contributed by atoms with E-state index in [0.29, 0.717) is 12.4 Å². The molecule has 0 radical (unpaired) electrons. The quantitative estimate of drug-likeness (QED) is 0.114. The van der Waals surface area contributed by atoms with Gasteiger partial charge in [0.25, 0.3) is 0 Å². The van der Waals surface area contributed by atoms with Crippen LogP contribution in [0, 0.1) is 0 Å². The molecule has 2 aliphatic rings. The number of aromatic nitrogens is 1. The zero-order chi connectivity index (χ0) is 38.3. The van der Waals surface area contributed by atoms with Gasteiger partial charge in [0.15, 0.2) is 0 Å². The Morgan fingerprint density at radius 3 is 2.32 bits per heavy atom. The van der Waals surface area contributed by atoms with E-state index in [2.05, 4.69) is 156 Å². The van der Waals surface area contributed by atoms with Gasteiger partial charge in [0.1, 0.15) is 23.5 Å². The molecule has 0 bridgehead atoms. The van der Waals surface area contributed by atoms with Gasteiger partial charge in [-0.1, -0.05) is 171 Å². The predicted molar refractivity (Wildman–Crippen MR) is 234 cm³/mol. The first-order valence-corrected chi connectivity index (χ1v) is 19.6. The van der Waals surface area contributed by atoms with Crippen LogP contribution in [0.4, 0.5) is 0 Å². The Kier molecular flexibility index (Phi) is 8.65. The number of aliphatic imine (C=N–C) groups is 1. The van der Waals surface area contributed by atoms with Gasteiger partial charge in [-0.15, -0.1) is 0 Å². The van der Waals surface area contributed by atoms with Crippen molar-refractivity contribution in [3.8, 4) is 22.6 Å². The van der Waals surface area contributed by atoms with Crippen molar-refractivity contribution in [1.29, 1.82) is 0 Å². The van der Waals surface area contributed by atoms with Gasteiger partial charge in [-0.2, -0.15) is 0 Å². The molecule has 276 valence electrons. The first kappa shape index (κ1) is 34.5. The second-order valence-electron chi connectivity index (χ2n) is 15.2. The fourth-order valence-corrected chi connectivity index (χ4v) is 8.81. The Balaban J connectivity index is 1.01. The van der Waals surface area contributed by atoms with Crippen LogP contribution in [0.2, 0.25) is 0 Å². The standard InChI is InChI=1S/C52H42N4O/c1-52(32-14-27-47-48(52)44-22-9-11-26-46(44)57-47)39-19-12-20-40(33-39)56-45-25-10-8-21-42(45)43-24-13-23-41(49(43)56)36-30-28-35(29-31-36)34-54-51(38-17-6-3-7-18-38)55-50(53)37-15-4-2-5-16-37/h2-33,48,51,54H,34H2,1H3,(H2,53,55). The van der Waals surface area contributed by atoms with Gasteiger partial charge in [0.05, 0.1) is 17.0 Å². The lowest BCUT2D eigenvalue weighted by Gasteiger charge is -2.35. The van der Waals surface area contributed by atoms with Gasteiger partial charge in [-0.05, 0) is 52.6 Å². The number of benzene rings is 7. The highest BCUT2D eigenvalue weighted by Gasteiger charge is 2.45. The predicted octanol–water partition coefficient (Wildman–Crippen LogP) is 11.5. The highest BCUT2D eigenvalue weighted by molar-refractivity contribution is 6.13. The minimum absolute atomic E-state index is 0.103. The Labute approximate surface area is 333 Å². The summed E-state index contributed by atoms with van der Waals surface area (Å²) in [7, 11) is 0. The Morgan fingerprint density at radius 2 is 1.47 bits per heavy atom. The van der Waals surface area contributed by atoms with Crippen LogP contribution in [0.25, 0.3) is 38.6 Å². The van der Waals surface area contributed by atoms with Gasteiger partial charge in [0.2, 0.25) is 0 Å². The zero-order valence-electron chi connectivity index (χ0n) is 31.7. The van der Waals surface area contributed by atoms with Crippen LogP contribution in [0.3, 0.4) is 0 Å². The van der Waals surface area contributed by atoms with Crippen LogP contribution in [0.1, 0.15) is 46.8 Å². The summed E-state index contributed by atoms with van der Waals surface area (Å²) in [5, 5.41) is 6.12. The monoisotopic (exact) mass is 738 g/mol. The molecular weight excluding hydrogens is 697 g/mol. The van der Waals surface area contributed by atoms with Crippen molar-refractivity contribution in [1.82, 2.24) is 9.88 Å². The van der Waals surface area contributed by atoms with E-state index >= 15 is 0 Å². The highest BCUT2D eigenvalue weighted by atomic mass is 16.5. The second kappa shape index (κ2) is 14.3. The number of nitrogens with zero attached hydrogens (tertiary/aromatic N) is 2. The summed E-state index contributed by atoms with van der Waals surface area (Å²) in [6, 6.07) is 62.0. The number of ether oxygens (including phenoxy) is 1. The molecule has 0 spiro atoms. The summed E-state index contributed by atoms with van der Waals surface area (Å²) >= 11 is 0. The smallest absolute Gasteiger partial charge is 0.130 e. The number of allylic oxidation sites excluding steroid dienone is 4. The first-order chi connectivity index (χ1) is 28.0. The molecule has 5 nitrogen and oxygen atoms in total. The minimum Gasteiger partial charge on any atom is -0.461 e. The summed E-state index contributed by atoms with van der Waals surface area (Å²) < 4.78 is 8.84. The molecule has 0 amide bonds. The van der Waals surface area contributed by atoms with Crippen molar-refractivity contribution in [3.63, 3.8) is 0 Å². The van der Waals surface area contributed by atoms with Gasteiger partial charge in [0, 0.05) is 45.1 Å². The molecule has 0 fully saturated rings. The molecule has 57 heavy (non-hydrogen) atoms. The van der Waals surface area contributed by atoms with Crippen molar-refractivity contribution in [2.24, 2.45) is 10.7 Å². The Hall–Kier alpha value is -6.95. The van der Waals surface area contributed by atoms with Crippen molar-refractivity contribution >= 4 is 27.6 Å². The normalized spacial score (nSPS) is 17.9. The summed E-state index contributed by atoms with van der Waals surface area (Å²) in [6.07, 6.45) is 6.31. The number of rotatable bonds is 9. The molecule has 0 saturated carbocycles. The SMILES string of the molecule is CC1(c2cccc(-n3c4ccccc4c4cccc(-c5ccc(CNC(N=C(N)c6ccccc6)c6ccccc6)cc5)c43)c2)C=CC=C2Oc3ccccc3C21. The molecule has 2 heterocycles. The van der Waals surface area contributed by atoms with Crippen LogP contribution < -0.4 is 15.8 Å². The van der Waals surface area contributed by atoms with E-state index in [1.54, 1.807) is 0 Å². The zero-order valence-corrected chi connectivity index (χ0v) is 31.7. The van der Waals surface area contributed by atoms with E-state index in [9.17, 15) is 0 Å². The third-order valence-corrected chi connectivity index (χ3v) is 11.7. The average Bonchev–Trinajstić information content (AvgIpc) is 3.83. The second-order valence-corrected chi connectivity index (χ2v) is 15.2. The summed E-state index contributed by atoms with van der Waals surface area (Å²) in [5.74, 6) is 2.56. The Morgan fingerprint density at radius 1 is 0.754 bits per heavy atom. The van der Waals surface area contributed by atoms with Crippen molar-refractivity contribution in [2.75, 3.05) is 0 Å². The van der Waals surface area contributed by atoms with E-state index in [4.69, 9.17) is 15.5 Å². The van der Waals surface area contributed by atoms with E-state index in [0.717, 1.165) is 39.4 Å². The number of nitrogens with one attached hydrogen (secondary N) is 1. The lowest BCUT2D eigenvalue weighted by atomic mass is 9.67. The summed E-state index contributed by atoms with van der Waals surface area (Å²) in [4.78, 5) is 4.92. The molecule has 8 aromatic rings. The average molecular weight is 739 g/mol. The van der Waals surface area contributed by atoms with Crippen molar-refractivity contribution < 1.29 is 4.74 Å². The fraction of sp³-hybridized carbons (Fsp3) is 0.0962. The molecule has 10 rings (SSSR count). The molecule has 1 aliphatic heterocycles. The van der Waals surface area contributed by atoms with Crippen molar-refractivity contribution in [3.05, 3.63) is 228 Å². The molecule has 3 atom stereocenters. The molecule has 3 unspecified atom stereocenters. The van der Waals surface area contributed by atoms with E-state index in [-0.39, 0.29) is 17.5 Å². The minimum atomic E-state index is -0.295. The van der Waals surface area contributed by atoms with Crippen LogP contribution >= 0.6 is 0 Å². The van der Waals surface area contributed by atoms with E-state index in [1.165, 1.54) is 38.5 Å². The third-order valence-electron chi connectivity index (χ3n) is 11.7. The van der Waals surface area contributed by atoms with Gasteiger partial charge in [-0.3, -0.25) is 5.32 Å². The van der Waals surface area contributed by atoms with Gasteiger partial charge < -0.3 is 15.0 Å². The van der Waals surface area contributed by atoms with Crippen LogP contribution in [-0.2, 0) is 12.0 Å². The molecule has 1 aliphatic carbocycles. The fourth-order valence-electron chi connectivity index (χ4n) is 8.81. The maximum absolute atomic E-state index is 6.50. The molecule has 1 aromatic heterocycles. The van der Waals surface area contributed by atoms with E-state index < -0.39 is 0 Å². The number of hydrogen-bond donors (Lipinski definition) is 2. The maximum atomic E-state index is 6.50. The van der Waals surface area contributed by atoms with Crippen LogP contribution in [0.5, 0.6) is 5.75 Å². The molecule has 3 N–H and O–H groups in total. The highest BCUT2D eigenvalue weighted by Crippen LogP contribution is 2.54. The van der Waals surface area contributed by atoms with Crippen molar-refractivity contribution in [2.45, 2.75) is 31.0 Å². The number of nitrogens with two attached hydrogens (primary N) is 1. The maximum Gasteiger partial charge on any atom is 0.130 e. The lowest BCUT2D eigenvalue weighted by molar-refractivity contribution is 0.381. The van der Waals surface area contributed by atoms with E-state index in [1.807, 2.05) is 54.6 Å². The number of hydrogen-bond acceptors (Lipinski definition) is 3. The molecule has 0 saturated heterocycles. The number of para-hydroxylation sites is 3. The molecule has 7 aromatic carbocycles. The molecular formula is C52H42N4O.